The highest BCUT2D eigenvalue weighted by Crippen LogP contribution is 2.49. The van der Waals surface area contributed by atoms with Gasteiger partial charge in [-0.2, -0.15) is 4.57 Å². The van der Waals surface area contributed by atoms with Gasteiger partial charge in [0.15, 0.2) is 11.0 Å². The van der Waals surface area contributed by atoms with Gasteiger partial charge < -0.3 is 9.80 Å². The summed E-state index contributed by atoms with van der Waals surface area (Å²) in [6.07, 6.45) is 4.53. The van der Waals surface area contributed by atoms with Crippen LogP contribution in [-0.2, 0) is 12.5 Å². The number of benzene rings is 6. The molecular formula is C45H41N4+. The third-order valence-electron chi connectivity index (χ3n) is 10.4. The molecule has 0 N–H and O–H groups in total. The minimum atomic E-state index is -0.692. The van der Waals surface area contributed by atoms with Crippen molar-refractivity contribution in [2.24, 2.45) is 7.05 Å². The quantitative estimate of drug-likeness (QED) is 0.128. The van der Waals surface area contributed by atoms with Gasteiger partial charge in [0.1, 0.15) is 17.3 Å². The van der Waals surface area contributed by atoms with Crippen LogP contribution in [0.15, 0.2) is 170 Å². The number of aromatic nitrogens is 2. The molecule has 0 spiro atoms. The molecule has 6 aromatic carbocycles. The van der Waals surface area contributed by atoms with Crippen LogP contribution >= 0.6 is 0 Å². The second-order valence-corrected chi connectivity index (χ2v) is 13.0. The van der Waals surface area contributed by atoms with Gasteiger partial charge in [0, 0.05) is 23.8 Å². The van der Waals surface area contributed by atoms with Gasteiger partial charge in [0.25, 0.3) is 5.82 Å². The molecule has 1 aliphatic rings. The zero-order valence-corrected chi connectivity index (χ0v) is 28.5. The second-order valence-electron chi connectivity index (χ2n) is 13.0. The number of fused-ring (bicyclic) bond motifs is 1. The van der Waals surface area contributed by atoms with Crippen LogP contribution in [0.1, 0.15) is 40.6 Å². The van der Waals surface area contributed by atoms with Gasteiger partial charge in [-0.15, -0.1) is 0 Å². The van der Waals surface area contributed by atoms with Gasteiger partial charge >= 0.3 is 0 Å². The maximum absolute atomic E-state index is 2.48. The highest BCUT2D eigenvalue weighted by Gasteiger charge is 2.51. The molecule has 4 heteroatoms. The van der Waals surface area contributed by atoms with Crippen LogP contribution in [0.3, 0.4) is 0 Å². The Morgan fingerprint density at radius 3 is 1.84 bits per heavy atom. The number of para-hydroxylation sites is 4. The Labute approximate surface area is 289 Å². The minimum absolute atomic E-state index is 0.104. The number of hydrogen-bond acceptors (Lipinski definition) is 2. The van der Waals surface area contributed by atoms with Gasteiger partial charge in [-0.25, -0.2) is 4.57 Å². The lowest BCUT2D eigenvalue weighted by molar-refractivity contribution is -0.655. The normalized spacial score (nSPS) is 15.6. The Balaban J connectivity index is 1.48. The van der Waals surface area contributed by atoms with Gasteiger partial charge in [0.2, 0.25) is 0 Å². The topological polar surface area (TPSA) is 15.3 Å². The standard InChI is InChI=1S/C45H41N4/c1-33-19-14-15-26-39(33)45(36-20-8-5-9-21-36,44-46(4)42-28-16-17-29-43(42)49(44)38-24-12-7-13-25-38)40-27-18-30-41(34(40)2)48-32-31-47(35(48)3)37-22-10-6-11-23-37/h5-32,35H,1-4H3/q+1/t35-,45?/m1/s1. The fourth-order valence-electron chi connectivity index (χ4n) is 8.10. The molecule has 0 saturated heterocycles. The summed E-state index contributed by atoms with van der Waals surface area (Å²) in [6, 6.07) is 57.1. The van der Waals surface area contributed by atoms with Gasteiger partial charge in [0.05, 0.1) is 7.05 Å². The Hall–Kier alpha value is -5.87. The average molecular weight is 638 g/mol. The van der Waals surface area contributed by atoms with E-state index in [1.165, 1.54) is 56.0 Å². The summed E-state index contributed by atoms with van der Waals surface area (Å²) < 4.78 is 4.90. The van der Waals surface area contributed by atoms with Gasteiger partial charge in [-0.05, 0) is 91.1 Å². The van der Waals surface area contributed by atoms with Crippen molar-refractivity contribution >= 4 is 22.4 Å². The third-order valence-corrected chi connectivity index (χ3v) is 10.4. The van der Waals surface area contributed by atoms with E-state index >= 15 is 0 Å². The van der Waals surface area contributed by atoms with E-state index in [0.29, 0.717) is 0 Å². The monoisotopic (exact) mass is 637 g/mol. The molecule has 0 bridgehead atoms. The van der Waals surface area contributed by atoms with Crippen LogP contribution in [0.4, 0.5) is 11.4 Å². The maximum atomic E-state index is 2.48. The lowest BCUT2D eigenvalue weighted by Gasteiger charge is -2.37. The van der Waals surface area contributed by atoms with E-state index in [4.69, 9.17) is 0 Å². The Morgan fingerprint density at radius 1 is 0.551 bits per heavy atom. The van der Waals surface area contributed by atoms with Crippen molar-refractivity contribution in [3.63, 3.8) is 0 Å². The largest absolute Gasteiger partial charge is 0.326 e. The minimum Gasteiger partial charge on any atom is -0.326 e. The molecule has 8 rings (SSSR count). The average Bonchev–Trinajstić information content (AvgIpc) is 3.68. The van der Waals surface area contributed by atoms with E-state index in [1.807, 2.05) is 0 Å². The molecule has 0 amide bonds. The van der Waals surface area contributed by atoms with Crippen molar-refractivity contribution in [1.29, 1.82) is 0 Å². The molecule has 0 saturated carbocycles. The van der Waals surface area contributed by atoms with Crippen molar-refractivity contribution in [3.8, 4) is 5.69 Å². The second kappa shape index (κ2) is 12.3. The highest BCUT2D eigenvalue weighted by molar-refractivity contribution is 5.77. The lowest BCUT2D eigenvalue weighted by atomic mass is 9.66. The van der Waals surface area contributed by atoms with E-state index in [2.05, 4.69) is 217 Å². The fraction of sp³-hybridized carbons (Fsp3) is 0.133. The first kappa shape index (κ1) is 30.5. The van der Waals surface area contributed by atoms with Crippen molar-refractivity contribution in [1.82, 2.24) is 4.57 Å². The Kier molecular flexibility index (Phi) is 7.64. The number of aryl methyl sites for hydroxylation is 2. The van der Waals surface area contributed by atoms with Crippen LogP contribution in [-0.4, -0.2) is 10.7 Å². The fourth-order valence-corrected chi connectivity index (χ4v) is 8.10. The van der Waals surface area contributed by atoms with Gasteiger partial charge in [-0.1, -0.05) is 115 Å². The summed E-state index contributed by atoms with van der Waals surface area (Å²) in [7, 11) is 2.23. The molecule has 0 aliphatic carbocycles. The van der Waals surface area contributed by atoms with E-state index < -0.39 is 5.41 Å². The van der Waals surface area contributed by atoms with Crippen LogP contribution in [0, 0.1) is 13.8 Å². The number of imidazole rings is 1. The number of hydrogen-bond donors (Lipinski definition) is 0. The summed E-state index contributed by atoms with van der Waals surface area (Å²) in [4.78, 5) is 4.75. The molecule has 7 aromatic rings. The van der Waals surface area contributed by atoms with Crippen LogP contribution < -0.4 is 14.4 Å². The van der Waals surface area contributed by atoms with Crippen molar-refractivity contribution in [2.45, 2.75) is 32.4 Å². The van der Waals surface area contributed by atoms with E-state index in [0.717, 1.165) is 5.69 Å². The molecule has 0 radical (unpaired) electrons. The van der Waals surface area contributed by atoms with Gasteiger partial charge in [-0.3, -0.25) is 0 Å². The molecule has 2 heterocycles. The van der Waals surface area contributed by atoms with Crippen LogP contribution in [0.5, 0.6) is 0 Å². The van der Waals surface area contributed by atoms with Crippen LogP contribution in [0.2, 0.25) is 0 Å². The first-order valence-corrected chi connectivity index (χ1v) is 17.1. The van der Waals surface area contributed by atoms with Crippen molar-refractivity contribution < 1.29 is 4.57 Å². The Morgan fingerprint density at radius 2 is 1.12 bits per heavy atom. The summed E-state index contributed by atoms with van der Waals surface area (Å²) >= 11 is 0. The molecule has 1 unspecified atom stereocenters. The summed E-state index contributed by atoms with van der Waals surface area (Å²) in [6.45, 7) is 6.84. The third kappa shape index (κ3) is 4.78. The zero-order chi connectivity index (χ0) is 33.5. The first-order chi connectivity index (χ1) is 24.0. The van der Waals surface area contributed by atoms with Crippen molar-refractivity contribution in [2.75, 3.05) is 9.80 Å². The van der Waals surface area contributed by atoms with E-state index in [9.17, 15) is 0 Å². The molecule has 0 fully saturated rings. The molecule has 2 atom stereocenters. The predicted octanol–water partition coefficient (Wildman–Crippen LogP) is 9.60. The molecule has 240 valence electrons. The first-order valence-electron chi connectivity index (χ1n) is 17.1. The summed E-state index contributed by atoms with van der Waals surface area (Å²) in [5.41, 5.74) is 11.4. The summed E-state index contributed by atoms with van der Waals surface area (Å²) in [5, 5.41) is 0. The number of anilines is 2. The predicted molar refractivity (Wildman–Crippen MR) is 202 cm³/mol. The number of nitrogens with zero attached hydrogens (tertiary/aromatic N) is 4. The Bertz CT molecular complexity index is 2290. The molecule has 1 aliphatic heterocycles. The molecule has 4 nitrogen and oxygen atoms in total. The smallest absolute Gasteiger partial charge is 0.282 e. The lowest BCUT2D eigenvalue weighted by Crippen LogP contribution is -2.47. The highest BCUT2D eigenvalue weighted by atomic mass is 15.4. The van der Waals surface area contributed by atoms with E-state index in [1.54, 1.807) is 0 Å². The molecule has 1 aromatic heterocycles. The van der Waals surface area contributed by atoms with Crippen molar-refractivity contribution in [3.05, 3.63) is 204 Å². The van der Waals surface area contributed by atoms with Crippen LogP contribution in [0.25, 0.3) is 16.7 Å². The zero-order valence-electron chi connectivity index (χ0n) is 28.5. The molecular weight excluding hydrogens is 597 g/mol. The number of rotatable bonds is 7. The molecule has 49 heavy (non-hydrogen) atoms. The SMILES string of the molecule is Cc1ccccc1C(c1ccccc1)(c1cccc(N2C=CN(c3ccccc3)[C@H]2C)c1C)c1n(-c2ccccc2)c2ccccc2[n+]1C. The van der Waals surface area contributed by atoms with E-state index in [-0.39, 0.29) is 6.17 Å². The summed E-state index contributed by atoms with van der Waals surface area (Å²) in [5.74, 6) is 1.18. The maximum Gasteiger partial charge on any atom is 0.282 e.